The first-order valence-corrected chi connectivity index (χ1v) is 10.2. The van der Waals surface area contributed by atoms with E-state index in [4.69, 9.17) is 4.11 Å². The van der Waals surface area contributed by atoms with Crippen LogP contribution in [0.2, 0.25) is 0 Å². The second-order valence-corrected chi connectivity index (χ2v) is 7.94. The lowest BCUT2D eigenvalue weighted by Crippen LogP contribution is -2.23. The van der Waals surface area contributed by atoms with Crippen LogP contribution in [0, 0.1) is 5.92 Å². The molecular weight excluding hydrogens is 408 g/mol. The van der Waals surface area contributed by atoms with Crippen LogP contribution in [0.15, 0.2) is 30.7 Å². The van der Waals surface area contributed by atoms with Crippen LogP contribution in [0.25, 0.3) is 11.3 Å². The van der Waals surface area contributed by atoms with Crippen molar-refractivity contribution in [2.24, 2.45) is 12.9 Å². The summed E-state index contributed by atoms with van der Waals surface area (Å²) in [4.78, 5) is 35.4. The Morgan fingerprint density at radius 3 is 2.88 bits per heavy atom. The minimum atomic E-state index is -2.38. The Bertz CT molecular complexity index is 1330. The molecule has 1 aliphatic carbocycles. The standard InChI is InChI=1S/C22H24N8O2/c1-23-22(32)15-9-25-17(27-21(31)12-4-5-12)8-16(15)26-20-19-14(6-7-24-20)18-13(10-29(19)2)11-30(3)28-18/h6-9,11-12H,4-5,10H2,1-3H3,(H,23,32)(H2,24,25,26,27,31)/i3D3. The maximum Gasteiger partial charge on any atom is 0.254 e. The number of nitrogens with zero attached hydrogens (tertiary/aromatic N) is 5. The van der Waals surface area contributed by atoms with E-state index in [9.17, 15) is 9.59 Å². The van der Waals surface area contributed by atoms with Crippen molar-refractivity contribution < 1.29 is 13.7 Å². The molecule has 0 aromatic carbocycles. The van der Waals surface area contributed by atoms with E-state index in [0.29, 0.717) is 40.8 Å². The van der Waals surface area contributed by atoms with E-state index in [2.05, 4.69) is 31.0 Å². The van der Waals surface area contributed by atoms with E-state index in [0.717, 1.165) is 23.1 Å². The molecule has 0 unspecified atom stereocenters. The SMILES string of the molecule is [2H]C([2H])([2H])n1cc2c(n1)-c1ccnc(Nc3cc(NC(=O)C4CC4)ncc3C(=O)NC)c1N(C)C2. The van der Waals surface area contributed by atoms with Gasteiger partial charge in [0.1, 0.15) is 5.82 Å². The van der Waals surface area contributed by atoms with Crippen LogP contribution >= 0.6 is 0 Å². The van der Waals surface area contributed by atoms with Gasteiger partial charge < -0.3 is 20.9 Å². The van der Waals surface area contributed by atoms with E-state index in [1.54, 1.807) is 18.3 Å². The molecule has 4 heterocycles. The Morgan fingerprint density at radius 2 is 2.12 bits per heavy atom. The molecule has 3 aromatic heterocycles. The van der Waals surface area contributed by atoms with E-state index in [1.807, 2.05) is 11.9 Å². The molecule has 3 aromatic rings. The van der Waals surface area contributed by atoms with Crippen molar-refractivity contribution in [2.75, 3.05) is 29.6 Å². The Hall–Kier alpha value is -3.95. The van der Waals surface area contributed by atoms with Gasteiger partial charge in [0, 0.05) is 73.4 Å². The Kier molecular flexibility index (Phi) is 3.98. The van der Waals surface area contributed by atoms with Crippen molar-refractivity contribution in [2.45, 2.75) is 19.4 Å². The van der Waals surface area contributed by atoms with Gasteiger partial charge in [-0.2, -0.15) is 5.10 Å². The monoisotopic (exact) mass is 435 g/mol. The predicted molar refractivity (Wildman–Crippen MR) is 121 cm³/mol. The highest BCUT2D eigenvalue weighted by atomic mass is 16.2. The fourth-order valence-corrected chi connectivity index (χ4v) is 3.85. The van der Waals surface area contributed by atoms with Crippen molar-refractivity contribution in [1.82, 2.24) is 25.1 Å². The molecule has 32 heavy (non-hydrogen) atoms. The highest BCUT2D eigenvalue weighted by Crippen LogP contribution is 2.42. The third-order valence-corrected chi connectivity index (χ3v) is 5.59. The molecule has 1 saturated carbocycles. The first-order chi connectivity index (χ1) is 16.7. The fraction of sp³-hybridized carbons (Fsp3) is 0.318. The number of carbonyl (C=O) groups excluding carboxylic acids is 2. The van der Waals surface area contributed by atoms with Gasteiger partial charge in [0.25, 0.3) is 5.91 Å². The molecule has 0 bridgehead atoms. The number of carbonyl (C=O) groups is 2. The number of aryl methyl sites for hydroxylation is 1. The molecule has 5 rings (SSSR count). The lowest BCUT2D eigenvalue weighted by Gasteiger charge is -2.28. The fourth-order valence-electron chi connectivity index (χ4n) is 3.85. The van der Waals surface area contributed by atoms with Crippen LogP contribution < -0.4 is 20.9 Å². The molecular formula is C22H24N8O2. The van der Waals surface area contributed by atoms with Crippen LogP contribution in [0.4, 0.5) is 23.0 Å². The first kappa shape index (κ1) is 16.7. The number of hydrogen-bond donors (Lipinski definition) is 3. The second kappa shape index (κ2) is 7.63. The van der Waals surface area contributed by atoms with E-state index < -0.39 is 6.98 Å². The summed E-state index contributed by atoms with van der Waals surface area (Å²) >= 11 is 0. The number of rotatable bonds is 5. The van der Waals surface area contributed by atoms with E-state index in [1.165, 1.54) is 19.4 Å². The lowest BCUT2D eigenvalue weighted by atomic mass is 10.0. The zero-order valence-corrected chi connectivity index (χ0v) is 17.6. The highest BCUT2D eigenvalue weighted by molar-refractivity contribution is 6.02. The minimum Gasteiger partial charge on any atom is -0.367 e. The third-order valence-electron chi connectivity index (χ3n) is 5.59. The number of amides is 2. The van der Waals surface area contributed by atoms with Gasteiger partial charge in [0.05, 0.1) is 22.6 Å². The zero-order valence-electron chi connectivity index (χ0n) is 20.6. The highest BCUT2D eigenvalue weighted by Gasteiger charge is 2.30. The predicted octanol–water partition coefficient (Wildman–Crippen LogP) is 2.28. The smallest absolute Gasteiger partial charge is 0.254 e. The molecule has 0 atom stereocenters. The van der Waals surface area contributed by atoms with Crippen LogP contribution in [-0.2, 0) is 18.3 Å². The van der Waals surface area contributed by atoms with Gasteiger partial charge in [-0.15, -0.1) is 0 Å². The summed E-state index contributed by atoms with van der Waals surface area (Å²) in [6.45, 7) is -1.95. The number of hydrogen-bond acceptors (Lipinski definition) is 7. The van der Waals surface area contributed by atoms with Gasteiger partial charge in [-0.05, 0) is 18.9 Å². The molecule has 0 spiro atoms. The number of anilines is 4. The largest absolute Gasteiger partial charge is 0.367 e. The molecule has 10 heteroatoms. The summed E-state index contributed by atoms with van der Waals surface area (Å²) in [5.41, 5.74) is 3.47. The molecule has 3 N–H and O–H groups in total. The molecule has 0 saturated heterocycles. The van der Waals surface area contributed by atoms with Crippen molar-refractivity contribution in [3.05, 3.63) is 41.9 Å². The molecule has 0 radical (unpaired) electrons. The topological polar surface area (TPSA) is 117 Å². The molecule has 1 fully saturated rings. The van der Waals surface area contributed by atoms with E-state index in [-0.39, 0.29) is 23.3 Å². The minimum absolute atomic E-state index is 0.00665. The van der Waals surface area contributed by atoms with Gasteiger partial charge in [-0.1, -0.05) is 0 Å². The van der Waals surface area contributed by atoms with Gasteiger partial charge in [0.2, 0.25) is 5.91 Å². The summed E-state index contributed by atoms with van der Waals surface area (Å²) in [5.74, 6) is 0.344. The van der Waals surface area contributed by atoms with Crippen LogP contribution in [-0.4, -0.2) is 45.7 Å². The summed E-state index contributed by atoms with van der Waals surface area (Å²) in [7, 11) is 3.39. The Morgan fingerprint density at radius 1 is 1.28 bits per heavy atom. The maximum atomic E-state index is 12.5. The molecule has 10 nitrogen and oxygen atoms in total. The first-order valence-electron chi connectivity index (χ1n) is 11.7. The molecule has 164 valence electrons. The van der Waals surface area contributed by atoms with Crippen molar-refractivity contribution >= 4 is 34.8 Å². The van der Waals surface area contributed by atoms with Crippen molar-refractivity contribution in [3.63, 3.8) is 0 Å². The number of nitrogens with one attached hydrogen (secondary N) is 3. The second-order valence-electron chi connectivity index (χ2n) is 7.94. The summed E-state index contributed by atoms with van der Waals surface area (Å²) in [5, 5.41) is 12.9. The number of pyridine rings is 2. The number of fused-ring (bicyclic) bond motifs is 3. The summed E-state index contributed by atoms with van der Waals surface area (Å²) in [6, 6.07) is 3.38. The van der Waals surface area contributed by atoms with Crippen LogP contribution in [0.1, 0.15) is 32.9 Å². The quantitative estimate of drug-likeness (QED) is 0.563. The molecule has 2 amide bonds. The maximum absolute atomic E-state index is 12.5. The lowest BCUT2D eigenvalue weighted by molar-refractivity contribution is -0.117. The van der Waals surface area contributed by atoms with Gasteiger partial charge >= 0.3 is 0 Å². The van der Waals surface area contributed by atoms with Crippen molar-refractivity contribution in [1.29, 1.82) is 0 Å². The molecule has 2 aliphatic rings. The Balaban J connectivity index is 1.55. The van der Waals surface area contributed by atoms with Gasteiger partial charge in [-0.3, -0.25) is 14.3 Å². The summed E-state index contributed by atoms with van der Waals surface area (Å²) in [6.07, 6.45) is 6.25. The Labute approximate surface area is 189 Å². The average molecular weight is 436 g/mol. The zero-order chi connectivity index (χ0) is 24.9. The van der Waals surface area contributed by atoms with Gasteiger partial charge in [-0.25, -0.2) is 9.97 Å². The number of aromatic nitrogens is 4. The third kappa shape index (κ3) is 3.53. The average Bonchev–Trinajstić information content (AvgIpc) is 3.57. The van der Waals surface area contributed by atoms with E-state index >= 15 is 0 Å². The van der Waals surface area contributed by atoms with Crippen LogP contribution in [0.5, 0.6) is 0 Å². The normalized spacial score (nSPS) is 16.2. The summed E-state index contributed by atoms with van der Waals surface area (Å²) < 4.78 is 24.0. The molecule has 1 aliphatic heterocycles. The van der Waals surface area contributed by atoms with Crippen LogP contribution in [0.3, 0.4) is 0 Å². The van der Waals surface area contributed by atoms with Gasteiger partial charge in [0.15, 0.2) is 5.82 Å². The van der Waals surface area contributed by atoms with Crippen molar-refractivity contribution in [3.8, 4) is 11.3 Å².